The van der Waals surface area contributed by atoms with Gasteiger partial charge in [-0.15, -0.1) is 0 Å². The van der Waals surface area contributed by atoms with Gasteiger partial charge in [-0.1, -0.05) is 45.9 Å². The Morgan fingerprint density at radius 3 is 2.67 bits per heavy atom. The van der Waals surface area contributed by atoms with Crippen LogP contribution >= 0.6 is 0 Å². The molecule has 3 heteroatoms. The number of carbonyl (C=O) groups is 1. The maximum Gasteiger partial charge on any atom is 0.164 e. The molecular formula is C27H40O3. The van der Waals surface area contributed by atoms with Gasteiger partial charge in [0.15, 0.2) is 5.78 Å². The zero-order chi connectivity index (χ0) is 22.1. The summed E-state index contributed by atoms with van der Waals surface area (Å²) in [6, 6.07) is 5.36. The zero-order valence-corrected chi connectivity index (χ0v) is 19.4. The normalized spacial score (nSPS) is 32.7. The monoisotopic (exact) mass is 412 g/mol. The average molecular weight is 413 g/mol. The van der Waals surface area contributed by atoms with Crippen molar-refractivity contribution in [1.29, 1.82) is 0 Å². The van der Waals surface area contributed by atoms with Crippen LogP contribution in [-0.2, 0) is 11.2 Å². The lowest BCUT2D eigenvalue weighted by molar-refractivity contribution is -0.161. The van der Waals surface area contributed by atoms with E-state index in [1.54, 1.807) is 12.1 Å². The summed E-state index contributed by atoms with van der Waals surface area (Å²) in [6.45, 7) is 11.1. The number of ketones is 1. The third-order valence-corrected chi connectivity index (χ3v) is 8.15. The number of fused-ring (bicyclic) bond motifs is 1. The van der Waals surface area contributed by atoms with Crippen molar-refractivity contribution in [3.63, 3.8) is 0 Å². The Labute approximate surface area is 182 Å². The average Bonchev–Trinajstić information content (AvgIpc) is 3.04. The summed E-state index contributed by atoms with van der Waals surface area (Å²) in [5.74, 6) is 1.92. The summed E-state index contributed by atoms with van der Waals surface area (Å²) in [4.78, 5) is 13.0. The van der Waals surface area contributed by atoms with Crippen LogP contribution in [0.2, 0.25) is 0 Å². The van der Waals surface area contributed by atoms with E-state index in [4.69, 9.17) is 0 Å². The Bertz CT molecular complexity index is 795. The van der Waals surface area contributed by atoms with Gasteiger partial charge in [-0.2, -0.15) is 0 Å². The predicted octanol–water partition coefficient (Wildman–Crippen LogP) is 6.00. The molecule has 3 rings (SSSR count). The molecule has 2 aliphatic rings. The fourth-order valence-corrected chi connectivity index (χ4v) is 6.33. The molecule has 0 spiro atoms. The Kier molecular flexibility index (Phi) is 6.81. The van der Waals surface area contributed by atoms with E-state index in [0.29, 0.717) is 37.0 Å². The van der Waals surface area contributed by atoms with Crippen LogP contribution in [0, 0.1) is 36.0 Å². The number of aromatic hydroxyl groups is 1. The number of aryl methyl sites for hydroxylation is 2. The Morgan fingerprint density at radius 1 is 1.23 bits per heavy atom. The van der Waals surface area contributed by atoms with Gasteiger partial charge in [-0.3, -0.25) is 4.79 Å². The van der Waals surface area contributed by atoms with E-state index in [-0.39, 0.29) is 22.9 Å². The summed E-state index contributed by atoms with van der Waals surface area (Å²) < 4.78 is 0. The van der Waals surface area contributed by atoms with Crippen LogP contribution in [0.25, 0.3) is 0 Å². The molecular weight excluding hydrogens is 372 g/mol. The number of aliphatic hydroxyl groups is 1. The largest absolute Gasteiger partial charge is 0.508 e. The molecule has 0 radical (unpaired) electrons. The summed E-state index contributed by atoms with van der Waals surface area (Å²) >= 11 is 0. The highest BCUT2D eigenvalue weighted by Gasteiger charge is 2.60. The second-order valence-corrected chi connectivity index (χ2v) is 10.6. The first kappa shape index (κ1) is 23.1. The molecule has 0 aromatic heterocycles. The molecule has 5 atom stereocenters. The fraction of sp³-hybridized carbons (Fsp3) is 0.667. The molecule has 2 saturated carbocycles. The fourth-order valence-electron chi connectivity index (χ4n) is 6.33. The smallest absolute Gasteiger partial charge is 0.164 e. The third kappa shape index (κ3) is 4.37. The van der Waals surface area contributed by atoms with E-state index in [1.165, 1.54) is 0 Å². The van der Waals surface area contributed by atoms with Crippen LogP contribution in [0.4, 0.5) is 0 Å². The van der Waals surface area contributed by atoms with Crippen LogP contribution in [-0.4, -0.2) is 21.6 Å². The standard InChI is InChI=1S/C27H40O3/c1-18(2)7-6-8-20(4)23-11-12-24-26(23,5)15-14-25(29)27(24,30)16-13-21-17-22(28)10-9-19(21)3/h6,8-10,17-18,20,23-24,28,30H,7,11-16H2,1-5H3/b8-6+/t20-,23-,24-,26-,27-/m1/s1. The molecule has 0 aliphatic heterocycles. The topological polar surface area (TPSA) is 57.5 Å². The van der Waals surface area contributed by atoms with Gasteiger partial charge in [0.05, 0.1) is 0 Å². The van der Waals surface area contributed by atoms with E-state index >= 15 is 0 Å². The number of hydrogen-bond acceptors (Lipinski definition) is 3. The van der Waals surface area contributed by atoms with Crippen LogP contribution in [0.3, 0.4) is 0 Å². The highest BCUT2D eigenvalue weighted by molar-refractivity contribution is 5.88. The first-order chi connectivity index (χ1) is 14.1. The van der Waals surface area contributed by atoms with Crippen molar-refractivity contribution < 1.29 is 15.0 Å². The molecule has 2 N–H and O–H groups in total. The van der Waals surface area contributed by atoms with Crippen LogP contribution in [0.5, 0.6) is 5.75 Å². The number of allylic oxidation sites excluding steroid dienone is 2. The molecule has 2 fully saturated rings. The summed E-state index contributed by atoms with van der Waals surface area (Å²) in [7, 11) is 0. The minimum absolute atomic E-state index is 0.00187. The van der Waals surface area contributed by atoms with Gasteiger partial charge in [0.1, 0.15) is 11.4 Å². The molecule has 1 aromatic rings. The summed E-state index contributed by atoms with van der Waals surface area (Å²) in [5, 5.41) is 21.6. The lowest BCUT2D eigenvalue weighted by Crippen LogP contribution is -2.56. The van der Waals surface area contributed by atoms with Gasteiger partial charge in [0, 0.05) is 12.3 Å². The molecule has 0 saturated heterocycles. The van der Waals surface area contributed by atoms with E-state index in [0.717, 1.165) is 36.8 Å². The number of benzene rings is 1. The number of hydrogen-bond donors (Lipinski definition) is 2. The van der Waals surface area contributed by atoms with Crippen LogP contribution < -0.4 is 0 Å². The van der Waals surface area contributed by atoms with E-state index < -0.39 is 5.60 Å². The lowest BCUT2D eigenvalue weighted by atomic mass is 9.56. The molecule has 0 heterocycles. The van der Waals surface area contributed by atoms with Crippen molar-refractivity contribution in [1.82, 2.24) is 0 Å². The zero-order valence-electron chi connectivity index (χ0n) is 19.4. The molecule has 1 aromatic carbocycles. The van der Waals surface area contributed by atoms with Crippen molar-refractivity contribution in [2.45, 2.75) is 85.2 Å². The SMILES string of the molecule is Cc1ccc(O)cc1CC[C@]1(O)C(=O)CC[C@]2(C)[C@@H]([C@H](C)/C=C/CC(C)C)CC[C@H]21. The van der Waals surface area contributed by atoms with E-state index in [1.807, 2.05) is 13.0 Å². The minimum atomic E-state index is -1.25. The first-order valence-electron chi connectivity index (χ1n) is 11.8. The molecule has 2 aliphatic carbocycles. The van der Waals surface area contributed by atoms with Crippen molar-refractivity contribution in [2.24, 2.45) is 29.1 Å². The van der Waals surface area contributed by atoms with Gasteiger partial charge < -0.3 is 10.2 Å². The van der Waals surface area contributed by atoms with Crippen molar-refractivity contribution in [3.05, 3.63) is 41.5 Å². The number of Topliss-reactive ketones (excluding diaryl/α,β-unsaturated/α-hetero) is 1. The Morgan fingerprint density at radius 2 is 1.97 bits per heavy atom. The second kappa shape index (κ2) is 8.86. The summed E-state index contributed by atoms with van der Waals surface area (Å²) in [5.41, 5.74) is 0.859. The van der Waals surface area contributed by atoms with Gasteiger partial charge in [-0.25, -0.2) is 0 Å². The van der Waals surface area contributed by atoms with Crippen LogP contribution in [0.1, 0.15) is 77.3 Å². The lowest BCUT2D eigenvalue weighted by Gasteiger charge is -2.49. The number of phenolic OH excluding ortho intramolecular Hbond substituents is 1. The second-order valence-electron chi connectivity index (χ2n) is 10.6. The number of rotatable bonds is 7. The molecule has 30 heavy (non-hydrogen) atoms. The van der Waals surface area contributed by atoms with Gasteiger partial charge in [0.25, 0.3) is 0 Å². The molecule has 0 bridgehead atoms. The minimum Gasteiger partial charge on any atom is -0.508 e. The maximum absolute atomic E-state index is 13.0. The maximum atomic E-state index is 13.0. The van der Waals surface area contributed by atoms with E-state index in [2.05, 4.69) is 39.8 Å². The van der Waals surface area contributed by atoms with Gasteiger partial charge >= 0.3 is 0 Å². The van der Waals surface area contributed by atoms with Crippen molar-refractivity contribution in [2.75, 3.05) is 0 Å². The van der Waals surface area contributed by atoms with Gasteiger partial charge in [-0.05, 0) is 91.9 Å². The highest BCUT2D eigenvalue weighted by Crippen LogP contribution is 2.60. The van der Waals surface area contributed by atoms with Gasteiger partial charge in [0.2, 0.25) is 0 Å². The quantitative estimate of drug-likeness (QED) is 0.540. The number of phenols is 1. The molecule has 166 valence electrons. The van der Waals surface area contributed by atoms with Crippen LogP contribution in [0.15, 0.2) is 30.4 Å². The first-order valence-corrected chi connectivity index (χ1v) is 11.8. The highest BCUT2D eigenvalue weighted by atomic mass is 16.3. The summed E-state index contributed by atoms with van der Waals surface area (Å²) in [6.07, 6.45) is 10.2. The predicted molar refractivity (Wildman–Crippen MR) is 122 cm³/mol. The Balaban J connectivity index is 1.79. The molecule has 0 unspecified atom stereocenters. The number of carbonyl (C=O) groups excluding carboxylic acids is 1. The Hall–Kier alpha value is -1.61. The van der Waals surface area contributed by atoms with E-state index in [9.17, 15) is 15.0 Å². The van der Waals surface area contributed by atoms with Crippen molar-refractivity contribution in [3.8, 4) is 5.75 Å². The third-order valence-electron chi connectivity index (χ3n) is 8.15. The molecule has 0 amide bonds. The molecule has 3 nitrogen and oxygen atoms in total. The van der Waals surface area contributed by atoms with Crippen molar-refractivity contribution >= 4 is 5.78 Å².